The van der Waals surface area contributed by atoms with Crippen molar-refractivity contribution in [3.8, 4) is 5.75 Å². The minimum Gasteiger partial charge on any atom is -0.497 e. The maximum atomic E-state index is 13.7. The Bertz CT molecular complexity index is 857. The van der Waals surface area contributed by atoms with Gasteiger partial charge in [-0.25, -0.2) is 4.39 Å². The Labute approximate surface area is 170 Å². The summed E-state index contributed by atoms with van der Waals surface area (Å²) in [5.74, 6) is 0.0840. The lowest BCUT2D eigenvalue weighted by atomic mass is 9.99. The lowest BCUT2D eigenvalue weighted by molar-refractivity contribution is -0.135. The number of amides is 2. The molecule has 1 fully saturated rings. The second-order valence-corrected chi connectivity index (χ2v) is 7.09. The topological polar surface area (TPSA) is 70.7 Å². The number of piperazine rings is 1. The number of methoxy groups -OCH3 is 1. The van der Waals surface area contributed by atoms with Gasteiger partial charge in [0.25, 0.3) is 0 Å². The van der Waals surface area contributed by atoms with Gasteiger partial charge in [-0.15, -0.1) is 0 Å². The Morgan fingerprint density at radius 3 is 2.69 bits per heavy atom. The molecule has 3 rings (SSSR count). The highest BCUT2D eigenvalue weighted by molar-refractivity contribution is 5.79. The van der Waals surface area contributed by atoms with E-state index in [1.165, 1.54) is 19.1 Å². The molecule has 2 aromatic rings. The van der Waals surface area contributed by atoms with Crippen LogP contribution < -0.4 is 15.4 Å². The fourth-order valence-electron chi connectivity index (χ4n) is 3.64. The van der Waals surface area contributed by atoms with Gasteiger partial charge in [-0.2, -0.15) is 0 Å². The molecule has 2 amide bonds. The molecular weight excluding hydrogens is 373 g/mol. The molecule has 1 heterocycles. The predicted octanol–water partition coefficient (Wildman–Crippen LogP) is 2.57. The maximum Gasteiger partial charge on any atom is 0.225 e. The van der Waals surface area contributed by atoms with Crippen LogP contribution in [0.1, 0.15) is 36.6 Å². The third-order valence-corrected chi connectivity index (χ3v) is 5.07. The first kappa shape index (κ1) is 20.8. The summed E-state index contributed by atoms with van der Waals surface area (Å²) in [6, 6.07) is 12.9. The first-order chi connectivity index (χ1) is 14.0. The molecule has 0 bridgehead atoms. The molecule has 2 unspecified atom stereocenters. The average Bonchev–Trinajstić information content (AvgIpc) is 2.73. The molecule has 0 spiro atoms. The normalized spacial score (nSPS) is 17.5. The quantitative estimate of drug-likeness (QED) is 0.783. The number of ether oxygens (including phenoxy) is 1. The molecule has 2 atom stereocenters. The predicted molar refractivity (Wildman–Crippen MR) is 108 cm³/mol. The van der Waals surface area contributed by atoms with Crippen LogP contribution in [-0.2, 0) is 9.59 Å². The van der Waals surface area contributed by atoms with E-state index in [0.29, 0.717) is 25.4 Å². The fraction of sp³-hybridized carbons (Fsp3) is 0.364. The number of halogens is 1. The molecular formula is C22H26FN3O3. The van der Waals surface area contributed by atoms with Crippen molar-refractivity contribution in [1.82, 2.24) is 15.5 Å². The lowest BCUT2D eigenvalue weighted by Crippen LogP contribution is -2.49. The largest absolute Gasteiger partial charge is 0.497 e. The van der Waals surface area contributed by atoms with Gasteiger partial charge >= 0.3 is 0 Å². The number of carbonyl (C=O) groups is 2. The van der Waals surface area contributed by atoms with Gasteiger partial charge in [0, 0.05) is 26.6 Å². The van der Waals surface area contributed by atoms with Gasteiger partial charge in [0.15, 0.2) is 0 Å². The zero-order chi connectivity index (χ0) is 20.8. The Kier molecular flexibility index (Phi) is 6.82. The number of carbonyl (C=O) groups excluding carboxylic acids is 2. The number of hydrogen-bond donors (Lipinski definition) is 2. The van der Waals surface area contributed by atoms with Crippen molar-refractivity contribution in [3.63, 3.8) is 0 Å². The minimum absolute atomic E-state index is 0.0877. The number of benzene rings is 2. The summed E-state index contributed by atoms with van der Waals surface area (Å²) in [6.07, 6.45) is 0.123. The van der Waals surface area contributed by atoms with Crippen LogP contribution in [0, 0.1) is 5.82 Å². The van der Waals surface area contributed by atoms with Crippen LogP contribution in [0.15, 0.2) is 48.5 Å². The summed E-state index contributed by atoms with van der Waals surface area (Å²) in [4.78, 5) is 26.7. The summed E-state index contributed by atoms with van der Waals surface area (Å²) in [7, 11) is 1.58. The molecule has 2 N–H and O–H groups in total. The van der Waals surface area contributed by atoms with E-state index in [1.807, 2.05) is 18.2 Å². The zero-order valence-corrected chi connectivity index (χ0v) is 16.7. The lowest BCUT2D eigenvalue weighted by Gasteiger charge is -2.37. The van der Waals surface area contributed by atoms with E-state index in [-0.39, 0.29) is 30.1 Å². The summed E-state index contributed by atoms with van der Waals surface area (Å²) >= 11 is 0. The van der Waals surface area contributed by atoms with Crippen LogP contribution in [0.2, 0.25) is 0 Å². The second-order valence-electron chi connectivity index (χ2n) is 7.09. The van der Waals surface area contributed by atoms with Crippen LogP contribution in [0.3, 0.4) is 0 Å². The summed E-state index contributed by atoms with van der Waals surface area (Å²) in [5.41, 5.74) is 1.58. The van der Waals surface area contributed by atoms with E-state index >= 15 is 0 Å². The van der Waals surface area contributed by atoms with Crippen molar-refractivity contribution in [1.29, 1.82) is 0 Å². The molecule has 154 valence electrons. The van der Waals surface area contributed by atoms with Crippen molar-refractivity contribution in [2.75, 3.05) is 26.7 Å². The number of hydrogen-bond acceptors (Lipinski definition) is 4. The van der Waals surface area contributed by atoms with Gasteiger partial charge in [0.2, 0.25) is 11.8 Å². The Balaban J connectivity index is 1.80. The van der Waals surface area contributed by atoms with Gasteiger partial charge in [-0.05, 0) is 35.4 Å². The zero-order valence-electron chi connectivity index (χ0n) is 16.7. The average molecular weight is 399 g/mol. The molecule has 0 aliphatic carbocycles. The van der Waals surface area contributed by atoms with Crippen LogP contribution in [-0.4, -0.2) is 43.5 Å². The van der Waals surface area contributed by atoms with E-state index in [4.69, 9.17) is 4.74 Å². The van der Waals surface area contributed by atoms with Gasteiger partial charge in [0.05, 0.1) is 25.6 Å². The maximum absolute atomic E-state index is 13.7. The molecule has 7 heteroatoms. The van der Waals surface area contributed by atoms with Crippen molar-refractivity contribution >= 4 is 11.8 Å². The number of rotatable bonds is 6. The standard InChI is InChI=1S/C22H26FN3O3/c1-15(27)25-20(16-6-8-19(29-2)9-7-16)13-22(28)26-11-10-24-14-21(26)17-4-3-5-18(23)12-17/h3-9,12,20-21,24H,10-11,13-14H2,1-2H3,(H,25,27). The Morgan fingerprint density at radius 2 is 2.03 bits per heavy atom. The third kappa shape index (κ3) is 5.32. The number of nitrogens with one attached hydrogen (secondary N) is 2. The highest BCUT2D eigenvalue weighted by Crippen LogP contribution is 2.27. The van der Waals surface area contributed by atoms with E-state index in [9.17, 15) is 14.0 Å². The van der Waals surface area contributed by atoms with Crippen LogP contribution >= 0.6 is 0 Å². The Morgan fingerprint density at radius 1 is 1.28 bits per heavy atom. The van der Waals surface area contributed by atoms with Crippen molar-refractivity contribution < 1.29 is 18.7 Å². The summed E-state index contributed by atoms with van der Waals surface area (Å²) < 4.78 is 18.9. The SMILES string of the molecule is COc1ccc(C(CC(=O)N2CCNCC2c2cccc(F)c2)NC(C)=O)cc1. The third-order valence-electron chi connectivity index (χ3n) is 5.07. The van der Waals surface area contributed by atoms with E-state index < -0.39 is 6.04 Å². The highest BCUT2D eigenvalue weighted by atomic mass is 19.1. The molecule has 0 radical (unpaired) electrons. The van der Waals surface area contributed by atoms with Crippen LogP contribution in [0.4, 0.5) is 4.39 Å². The smallest absolute Gasteiger partial charge is 0.225 e. The van der Waals surface area contributed by atoms with Gasteiger partial charge in [-0.3, -0.25) is 9.59 Å². The molecule has 2 aromatic carbocycles. The second kappa shape index (κ2) is 9.52. The molecule has 1 saturated heterocycles. The molecule has 29 heavy (non-hydrogen) atoms. The van der Waals surface area contributed by atoms with Gasteiger partial charge < -0.3 is 20.3 Å². The van der Waals surface area contributed by atoms with Crippen molar-refractivity contribution in [3.05, 3.63) is 65.5 Å². The molecule has 1 aliphatic heterocycles. The van der Waals surface area contributed by atoms with Crippen molar-refractivity contribution in [2.45, 2.75) is 25.4 Å². The number of nitrogens with zero attached hydrogens (tertiary/aromatic N) is 1. The molecule has 0 saturated carbocycles. The van der Waals surface area contributed by atoms with E-state index in [0.717, 1.165) is 11.1 Å². The first-order valence-corrected chi connectivity index (χ1v) is 9.64. The van der Waals surface area contributed by atoms with E-state index in [1.54, 1.807) is 30.2 Å². The molecule has 0 aromatic heterocycles. The van der Waals surface area contributed by atoms with Crippen LogP contribution in [0.25, 0.3) is 0 Å². The van der Waals surface area contributed by atoms with Gasteiger partial charge in [0.1, 0.15) is 11.6 Å². The summed E-state index contributed by atoms with van der Waals surface area (Å²) in [6.45, 7) is 3.18. The first-order valence-electron chi connectivity index (χ1n) is 9.64. The van der Waals surface area contributed by atoms with Crippen molar-refractivity contribution in [2.24, 2.45) is 0 Å². The Hall–Kier alpha value is -2.93. The monoisotopic (exact) mass is 399 g/mol. The fourth-order valence-corrected chi connectivity index (χ4v) is 3.64. The van der Waals surface area contributed by atoms with E-state index in [2.05, 4.69) is 10.6 Å². The van der Waals surface area contributed by atoms with Crippen LogP contribution in [0.5, 0.6) is 5.75 Å². The highest BCUT2D eigenvalue weighted by Gasteiger charge is 2.30. The molecule has 1 aliphatic rings. The van der Waals surface area contributed by atoms with Gasteiger partial charge in [-0.1, -0.05) is 24.3 Å². The molecule has 6 nitrogen and oxygen atoms in total. The minimum atomic E-state index is -0.450. The summed E-state index contributed by atoms with van der Waals surface area (Å²) in [5, 5.41) is 6.13.